The van der Waals surface area contributed by atoms with Crippen molar-refractivity contribution < 1.29 is 9.53 Å². The zero-order chi connectivity index (χ0) is 19.8. The molecule has 0 atom stereocenters. The number of nitrogens with one attached hydrogen (secondary N) is 2. The van der Waals surface area contributed by atoms with Crippen molar-refractivity contribution in [3.8, 4) is 0 Å². The average Bonchev–Trinajstić information content (AvgIpc) is 3.00. The van der Waals surface area contributed by atoms with Crippen LogP contribution in [0.1, 0.15) is 63.4 Å². The van der Waals surface area contributed by atoms with E-state index in [2.05, 4.69) is 34.6 Å². The number of ether oxygens (including phenoxy) is 1. The summed E-state index contributed by atoms with van der Waals surface area (Å²) in [7, 11) is 3.81. The maximum absolute atomic E-state index is 11.9. The van der Waals surface area contributed by atoms with Crippen LogP contribution in [0.2, 0.25) is 0 Å². The topological polar surface area (TPSA) is 80.5 Å². The Kier molecular flexibility index (Phi) is 10.8. The molecular formula is C20H36IN5O2. The summed E-state index contributed by atoms with van der Waals surface area (Å²) in [5.74, 6) is 0.810. The van der Waals surface area contributed by atoms with Crippen LogP contribution in [0.5, 0.6) is 0 Å². The van der Waals surface area contributed by atoms with E-state index in [0.717, 1.165) is 56.7 Å². The summed E-state index contributed by atoms with van der Waals surface area (Å²) in [4.78, 5) is 16.3. The fourth-order valence-corrected chi connectivity index (χ4v) is 3.89. The number of carbonyl (C=O) groups excluding carboxylic acids is 1. The van der Waals surface area contributed by atoms with Crippen LogP contribution in [0.3, 0.4) is 0 Å². The van der Waals surface area contributed by atoms with Gasteiger partial charge in [0.05, 0.1) is 18.2 Å². The number of hydrogen-bond donors (Lipinski definition) is 2. The minimum absolute atomic E-state index is 0. The predicted octanol–water partition coefficient (Wildman–Crippen LogP) is 2.95. The molecule has 0 unspecified atom stereocenters. The lowest BCUT2D eigenvalue weighted by Crippen LogP contribution is -2.45. The minimum atomic E-state index is -0.0470. The van der Waals surface area contributed by atoms with Crippen LogP contribution in [0.15, 0.2) is 4.99 Å². The fraction of sp³-hybridized carbons (Fsp3) is 0.750. The van der Waals surface area contributed by atoms with Crippen molar-refractivity contribution in [3.63, 3.8) is 0 Å². The molecule has 8 heteroatoms. The van der Waals surface area contributed by atoms with E-state index in [4.69, 9.17) is 4.74 Å². The summed E-state index contributed by atoms with van der Waals surface area (Å²) < 4.78 is 7.14. The number of esters is 1. The number of aromatic nitrogens is 2. The van der Waals surface area contributed by atoms with Crippen molar-refractivity contribution in [2.75, 3.05) is 13.7 Å². The van der Waals surface area contributed by atoms with Gasteiger partial charge in [0.25, 0.3) is 0 Å². The Morgan fingerprint density at radius 2 is 1.89 bits per heavy atom. The second-order valence-corrected chi connectivity index (χ2v) is 7.07. The Hall–Kier alpha value is -1.32. The van der Waals surface area contributed by atoms with Gasteiger partial charge in [-0.1, -0.05) is 13.8 Å². The van der Waals surface area contributed by atoms with E-state index in [1.165, 1.54) is 11.3 Å². The van der Waals surface area contributed by atoms with Crippen LogP contribution in [-0.2, 0) is 36.0 Å². The first kappa shape index (κ1) is 24.7. The summed E-state index contributed by atoms with van der Waals surface area (Å²) in [6, 6.07) is 0.340. The molecule has 1 fully saturated rings. The van der Waals surface area contributed by atoms with Gasteiger partial charge in [-0.05, 0) is 45.4 Å². The molecule has 7 nitrogen and oxygen atoms in total. The fourth-order valence-electron chi connectivity index (χ4n) is 3.89. The van der Waals surface area contributed by atoms with Crippen LogP contribution in [-0.4, -0.2) is 41.4 Å². The molecule has 2 N–H and O–H groups in total. The number of halogens is 1. The van der Waals surface area contributed by atoms with Crippen LogP contribution < -0.4 is 10.6 Å². The second kappa shape index (κ2) is 12.3. The number of carbonyl (C=O) groups is 1. The maximum atomic E-state index is 11.9. The van der Waals surface area contributed by atoms with E-state index in [-0.39, 0.29) is 35.9 Å². The number of guanidine groups is 1. The van der Waals surface area contributed by atoms with E-state index >= 15 is 0 Å². The number of hydrogen-bond acceptors (Lipinski definition) is 4. The lowest BCUT2D eigenvalue weighted by atomic mass is 9.86. The third-order valence-electron chi connectivity index (χ3n) is 5.37. The number of nitrogens with zero attached hydrogens (tertiary/aromatic N) is 3. The summed E-state index contributed by atoms with van der Waals surface area (Å²) in [6.07, 6.45) is 5.54. The Balaban J connectivity index is 0.00000392. The van der Waals surface area contributed by atoms with Gasteiger partial charge in [-0.3, -0.25) is 14.5 Å². The van der Waals surface area contributed by atoms with Crippen molar-refractivity contribution in [3.05, 3.63) is 17.0 Å². The maximum Gasteiger partial charge on any atom is 0.308 e. The van der Waals surface area contributed by atoms with Gasteiger partial charge in [0.2, 0.25) is 0 Å². The monoisotopic (exact) mass is 505 g/mol. The SMILES string of the molecule is CCOC(=O)C1CCC(NC(=NC)NCc2c(CC)nn(C)c2CC)CC1.I. The van der Waals surface area contributed by atoms with E-state index in [1.54, 1.807) is 7.05 Å². The van der Waals surface area contributed by atoms with Crippen molar-refractivity contribution in [2.45, 2.75) is 71.9 Å². The molecule has 0 amide bonds. The van der Waals surface area contributed by atoms with Crippen LogP contribution >= 0.6 is 24.0 Å². The van der Waals surface area contributed by atoms with Crippen molar-refractivity contribution >= 4 is 35.9 Å². The van der Waals surface area contributed by atoms with Gasteiger partial charge in [0.15, 0.2) is 5.96 Å². The molecule has 0 spiro atoms. The smallest absolute Gasteiger partial charge is 0.308 e. The first-order chi connectivity index (χ1) is 13.0. The van der Waals surface area contributed by atoms with Gasteiger partial charge in [-0.2, -0.15) is 5.10 Å². The molecule has 0 bridgehead atoms. The minimum Gasteiger partial charge on any atom is -0.466 e. The molecule has 0 aliphatic heterocycles. The molecule has 1 heterocycles. The Labute approximate surface area is 186 Å². The molecule has 1 aliphatic rings. The normalized spacial score (nSPS) is 19.7. The summed E-state index contributed by atoms with van der Waals surface area (Å²) in [6.45, 7) is 7.34. The molecule has 1 aromatic heterocycles. The third-order valence-corrected chi connectivity index (χ3v) is 5.37. The van der Waals surface area contributed by atoms with Crippen LogP contribution in [0, 0.1) is 5.92 Å². The lowest BCUT2D eigenvalue weighted by molar-refractivity contribution is -0.149. The van der Waals surface area contributed by atoms with E-state index in [1.807, 2.05) is 18.7 Å². The predicted molar refractivity (Wildman–Crippen MR) is 123 cm³/mol. The first-order valence-corrected chi connectivity index (χ1v) is 10.2. The highest BCUT2D eigenvalue weighted by molar-refractivity contribution is 14.0. The number of aliphatic imine (C=N–C) groups is 1. The van der Waals surface area contributed by atoms with E-state index in [9.17, 15) is 4.79 Å². The van der Waals surface area contributed by atoms with Crippen molar-refractivity contribution in [2.24, 2.45) is 18.0 Å². The zero-order valence-corrected chi connectivity index (χ0v) is 20.2. The molecule has 1 aliphatic carbocycles. The molecule has 1 aromatic rings. The number of rotatable bonds is 7. The zero-order valence-electron chi connectivity index (χ0n) is 17.9. The van der Waals surface area contributed by atoms with Gasteiger partial charge >= 0.3 is 5.97 Å². The molecule has 2 rings (SSSR count). The first-order valence-electron chi connectivity index (χ1n) is 10.2. The molecule has 28 heavy (non-hydrogen) atoms. The Bertz CT molecular complexity index is 651. The van der Waals surface area contributed by atoms with Gasteiger partial charge < -0.3 is 15.4 Å². The highest BCUT2D eigenvalue weighted by Gasteiger charge is 2.27. The van der Waals surface area contributed by atoms with Crippen molar-refractivity contribution in [1.82, 2.24) is 20.4 Å². The van der Waals surface area contributed by atoms with Crippen molar-refractivity contribution in [1.29, 1.82) is 0 Å². The lowest BCUT2D eigenvalue weighted by Gasteiger charge is -2.29. The Morgan fingerprint density at radius 1 is 1.21 bits per heavy atom. The summed E-state index contributed by atoms with van der Waals surface area (Å²) in [5, 5.41) is 11.6. The molecule has 0 aromatic carbocycles. The van der Waals surface area contributed by atoms with E-state index in [0.29, 0.717) is 12.6 Å². The summed E-state index contributed by atoms with van der Waals surface area (Å²) in [5.41, 5.74) is 3.69. The number of aryl methyl sites for hydroxylation is 2. The Morgan fingerprint density at radius 3 is 2.43 bits per heavy atom. The largest absolute Gasteiger partial charge is 0.466 e. The molecule has 1 saturated carbocycles. The molecule has 160 valence electrons. The van der Waals surface area contributed by atoms with Crippen LogP contribution in [0.4, 0.5) is 0 Å². The summed E-state index contributed by atoms with van der Waals surface area (Å²) >= 11 is 0. The highest BCUT2D eigenvalue weighted by Crippen LogP contribution is 2.25. The highest BCUT2D eigenvalue weighted by atomic mass is 127. The second-order valence-electron chi connectivity index (χ2n) is 7.07. The van der Waals surface area contributed by atoms with Gasteiger partial charge in [0.1, 0.15) is 0 Å². The van der Waals surface area contributed by atoms with E-state index < -0.39 is 0 Å². The molecule has 0 saturated heterocycles. The van der Waals surface area contributed by atoms with Gasteiger partial charge in [-0.15, -0.1) is 24.0 Å². The molecule has 0 radical (unpaired) electrons. The standard InChI is InChI=1S/C20H35N5O2.HI/c1-6-17-16(18(7-2)25(5)24-17)13-22-20(21-4)23-15-11-9-14(10-12-15)19(26)27-8-3;/h14-15H,6-13H2,1-5H3,(H2,21,22,23);1H. The average molecular weight is 505 g/mol. The van der Waals surface area contributed by atoms with Gasteiger partial charge in [-0.25, -0.2) is 0 Å². The molecular weight excluding hydrogens is 469 g/mol. The quantitative estimate of drug-likeness (QED) is 0.258. The third kappa shape index (κ3) is 6.35. The van der Waals surface area contributed by atoms with Gasteiger partial charge in [0, 0.05) is 37.9 Å². The van der Waals surface area contributed by atoms with Crippen LogP contribution in [0.25, 0.3) is 0 Å².